The van der Waals surface area contributed by atoms with E-state index in [0.717, 1.165) is 25.0 Å². The first kappa shape index (κ1) is 13.9. The fraction of sp³-hybridized carbons (Fsp3) is 0.385. The van der Waals surface area contributed by atoms with Crippen molar-refractivity contribution in [1.29, 1.82) is 0 Å². The second-order valence-electron chi connectivity index (χ2n) is 4.86. The summed E-state index contributed by atoms with van der Waals surface area (Å²) in [5, 5.41) is 13.5. The largest absolute Gasteiger partial charge is 0.416 e. The van der Waals surface area contributed by atoms with Crippen LogP contribution in [0.4, 0.5) is 24.9 Å². The smallest absolute Gasteiger partial charge is 0.406 e. The maximum atomic E-state index is 12.6. The molecule has 1 fully saturated rings. The van der Waals surface area contributed by atoms with Gasteiger partial charge in [-0.2, -0.15) is 13.2 Å². The molecule has 1 aromatic heterocycles. The fourth-order valence-corrected chi connectivity index (χ4v) is 1.79. The Kier molecular flexibility index (Phi) is 3.54. The molecule has 0 bridgehead atoms. The predicted octanol–water partition coefficient (Wildman–Crippen LogP) is 3.08. The Morgan fingerprint density at radius 3 is 2.76 bits per heavy atom. The number of nitrogens with one attached hydrogen (secondary N) is 2. The van der Waals surface area contributed by atoms with Crippen LogP contribution in [0.5, 0.6) is 0 Å². The minimum absolute atomic E-state index is 0.0712. The number of halogens is 3. The van der Waals surface area contributed by atoms with E-state index in [4.69, 9.17) is 4.42 Å². The summed E-state index contributed by atoms with van der Waals surface area (Å²) >= 11 is 0. The summed E-state index contributed by atoms with van der Waals surface area (Å²) in [7, 11) is 0. The van der Waals surface area contributed by atoms with Crippen molar-refractivity contribution < 1.29 is 17.6 Å². The first-order valence-corrected chi connectivity index (χ1v) is 6.51. The average molecular weight is 298 g/mol. The lowest BCUT2D eigenvalue weighted by Crippen LogP contribution is -2.15. The van der Waals surface area contributed by atoms with E-state index < -0.39 is 11.7 Å². The van der Waals surface area contributed by atoms with Crippen LogP contribution < -0.4 is 10.6 Å². The third-order valence-electron chi connectivity index (χ3n) is 3.03. The van der Waals surface area contributed by atoms with Gasteiger partial charge >= 0.3 is 12.2 Å². The van der Waals surface area contributed by atoms with E-state index in [2.05, 4.69) is 20.8 Å². The minimum atomic E-state index is -4.38. The highest BCUT2D eigenvalue weighted by atomic mass is 19.4. The quantitative estimate of drug-likeness (QED) is 0.888. The van der Waals surface area contributed by atoms with Crippen LogP contribution in [0, 0.1) is 0 Å². The topological polar surface area (TPSA) is 63.0 Å². The molecule has 21 heavy (non-hydrogen) atoms. The molecular weight excluding hydrogens is 285 g/mol. The number of benzene rings is 1. The molecule has 8 heteroatoms. The van der Waals surface area contributed by atoms with Crippen molar-refractivity contribution in [1.82, 2.24) is 15.5 Å². The lowest BCUT2D eigenvalue weighted by atomic mass is 10.2. The van der Waals surface area contributed by atoms with E-state index >= 15 is 0 Å². The highest BCUT2D eigenvalue weighted by Crippen LogP contribution is 2.31. The van der Waals surface area contributed by atoms with Crippen molar-refractivity contribution in [2.24, 2.45) is 0 Å². The molecule has 1 aliphatic rings. The molecule has 0 aliphatic heterocycles. The number of hydrogen-bond donors (Lipinski definition) is 2. The summed E-state index contributed by atoms with van der Waals surface area (Å²) in [6, 6.07) is 5.40. The second kappa shape index (κ2) is 5.36. The summed E-state index contributed by atoms with van der Waals surface area (Å²) < 4.78 is 43.1. The molecule has 3 rings (SSSR count). The van der Waals surface area contributed by atoms with Crippen molar-refractivity contribution in [2.75, 3.05) is 5.32 Å². The zero-order chi connectivity index (χ0) is 14.9. The Morgan fingerprint density at radius 2 is 2.05 bits per heavy atom. The molecule has 0 atom stereocenters. The number of anilines is 2. The van der Waals surface area contributed by atoms with Gasteiger partial charge in [0, 0.05) is 11.7 Å². The average Bonchev–Trinajstić information content (AvgIpc) is 3.16. The number of rotatable bonds is 5. The molecule has 0 spiro atoms. The third-order valence-corrected chi connectivity index (χ3v) is 3.03. The molecule has 2 N–H and O–H groups in total. The molecule has 1 heterocycles. The maximum Gasteiger partial charge on any atom is 0.416 e. The molecule has 1 aromatic carbocycles. The van der Waals surface area contributed by atoms with Crippen LogP contribution in [0.15, 0.2) is 28.7 Å². The molecule has 1 aliphatic carbocycles. The SMILES string of the molecule is FC(F)(F)c1cccc(Nc2nnc(CNC3CC3)o2)c1. The molecule has 0 saturated heterocycles. The normalized spacial score (nSPS) is 15.2. The molecule has 0 radical (unpaired) electrons. The van der Waals surface area contributed by atoms with Gasteiger partial charge in [-0.3, -0.25) is 0 Å². The van der Waals surface area contributed by atoms with Gasteiger partial charge in [-0.05, 0) is 31.0 Å². The fourth-order valence-electron chi connectivity index (χ4n) is 1.79. The first-order valence-electron chi connectivity index (χ1n) is 6.51. The van der Waals surface area contributed by atoms with Crippen LogP contribution in [0.25, 0.3) is 0 Å². The van der Waals surface area contributed by atoms with Crippen LogP contribution >= 0.6 is 0 Å². The van der Waals surface area contributed by atoms with Crippen LogP contribution in [-0.4, -0.2) is 16.2 Å². The predicted molar refractivity (Wildman–Crippen MR) is 68.9 cm³/mol. The monoisotopic (exact) mass is 298 g/mol. The van der Waals surface area contributed by atoms with E-state index in [1.165, 1.54) is 12.1 Å². The zero-order valence-corrected chi connectivity index (χ0v) is 10.9. The van der Waals surface area contributed by atoms with Crippen LogP contribution in [0.2, 0.25) is 0 Å². The van der Waals surface area contributed by atoms with Crippen molar-refractivity contribution in [3.63, 3.8) is 0 Å². The number of hydrogen-bond acceptors (Lipinski definition) is 5. The highest BCUT2D eigenvalue weighted by molar-refractivity contribution is 5.53. The van der Waals surface area contributed by atoms with E-state index in [1.807, 2.05) is 0 Å². The molecule has 112 valence electrons. The molecule has 0 amide bonds. The van der Waals surface area contributed by atoms with Crippen LogP contribution in [0.1, 0.15) is 24.3 Å². The maximum absolute atomic E-state index is 12.6. The lowest BCUT2D eigenvalue weighted by molar-refractivity contribution is -0.137. The van der Waals surface area contributed by atoms with Crippen molar-refractivity contribution in [2.45, 2.75) is 31.6 Å². The van der Waals surface area contributed by atoms with Gasteiger partial charge in [0.05, 0.1) is 12.1 Å². The van der Waals surface area contributed by atoms with Gasteiger partial charge in [-0.1, -0.05) is 11.2 Å². The van der Waals surface area contributed by atoms with E-state index in [-0.39, 0.29) is 11.7 Å². The van der Waals surface area contributed by atoms with Crippen LogP contribution in [-0.2, 0) is 12.7 Å². The Bertz CT molecular complexity index is 622. The third kappa shape index (κ3) is 3.72. The van der Waals surface area contributed by atoms with Gasteiger partial charge in [-0.15, -0.1) is 5.10 Å². The first-order chi connectivity index (χ1) is 10.0. The Labute approximate surface area is 118 Å². The minimum Gasteiger partial charge on any atom is -0.406 e. The number of aromatic nitrogens is 2. The number of alkyl halides is 3. The van der Waals surface area contributed by atoms with E-state index in [0.29, 0.717) is 18.5 Å². The zero-order valence-electron chi connectivity index (χ0n) is 10.9. The van der Waals surface area contributed by atoms with E-state index in [1.54, 1.807) is 0 Å². The Hall–Kier alpha value is -2.09. The summed E-state index contributed by atoms with van der Waals surface area (Å²) in [5.41, 5.74) is -0.488. The van der Waals surface area contributed by atoms with Gasteiger partial charge in [-0.25, -0.2) is 0 Å². The summed E-state index contributed by atoms with van der Waals surface area (Å²) in [6.07, 6.45) is -2.10. The van der Waals surface area contributed by atoms with Crippen molar-refractivity contribution >= 4 is 11.7 Å². The molecule has 5 nitrogen and oxygen atoms in total. The Balaban J connectivity index is 1.65. The van der Waals surface area contributed by atoms with E-state index in [9.17, 15) is 13.2 Å². The van der Waals surface area contributed by atoms with Crippen LogP contribution in [0.3, 0.4) is 0 Å². The standard InChI is InChI=1S/C13H13F3N4O/c14-13(15,16)8-2-1-3-10(6-8)18-12-20-19-11(21-12)7-17-9-4-5-9/h1-3,6,9,17H,4-5,7H2,(H,18,20). The summed E-state index contributed by atoms with van der Waals surface area (Å²) in [5.74, 6) is 0.399. The van der Waals surface area contributed by atoms with Gasteiger partial charge < -0.3 is 15.1 Å². The summed E-state index contributed by atoms with van der Waals surface area (Å²) in [4.78, 5) is 0. The molecule has 2 aromatic rings. The molecule has 0 unspecified atom stereocenters. The number of nitrogens with zero attached hydrogens (tertiary/aromatic N) is 2. The van der Waals surface area contributed by atoms with Gasteiger partial charge in [0.1, 0.15) is 0 Å². The van der Waals surface area contributed by atoms with Gasteiger partial charge in [0.15, 0.2) is 0 Å². The Morgan fingerprint density at radius 1 is 1.24 bits per heavy atom. The molecular formula is C13H13F3N4O. The van der Waals surface area contributed by atoms with Crippen molar-refractivity contribution in [3.05, 3.63) is 35.7 Å². The van der Waals surface area contributed by atoms with Crippen molar-refractivity contribution in [3.8, 4) is 0 Å². The summed E-state index contributed by atoms with van der Waals surface area (Å²) in [6.45, 7) is 0.460. The van der Waals surface area contributed by atoms with Gasteiger partial charge in [0.25, 0.3) is 0 Å². The second-order valence-corrected chi connectivity index (χ2v) is 4.86. The lowest BCUT2D eigenvalue weighted by Gasteiger charge is -2.08. The molecule has 1 saturated carbocycles. The van der Waals surface area contributed by atoms with Gasteiger partial charge in [0.2, 0.25) is 5.89 Å². The highest BCUT2D eigenvalue weighted by Gasteiger charge is 2.30.